The minimum atomic E-state index is 0.142. The first-order valence-electron chi connectivity index (χ1n) is 6.05. The van der Waals surface area contributed by atoms with E-state index in [9.17, 15) is 0 Å². The molecule has 1 rings (SSSR count). The molecule has 0 atom stereocenters. The van der Waals surface area contributed by atoms with Gasteiger partial charge in [0.15, 0.2) is 0 Å². The zero-order chi connectivity index (χ0) is 13.1. The highest BCUT2D eigenvalue weighted by Crippen LogP contribution is 2.19. The Hall–Kier alpha value is -1.28. The molecule has 0 fully saturated rings. The Morgan fingerprint density at radius 3 is 2.47 bits per heavy atom. The number of rotatable bonds is 4. The predicted molar refractivity (Wildman–Crippen MR) is 76.0 cm³/mol. The first kappa shape index (κ1) is 13.8. The summed E-state index contributed by atoms with van der Waals surface area (Å²) in [6, 6.07) is 6.25. The van der Waals surface area contributed by atoms with Crippen molar-refractivity contribution in [1.29, 1.82) is 0 Å². The van der Waals surface area contributed by atoms with E-state index in [0.29, 0.717) is 0 Å². The molecule has 0 saturated carbocycles. The molecule has 0 heterocycles. The van der Waals surface area contributed by atoms with Crippen molar-refractivity contribution in [1.82, 2.24) is 4.90 Å². The van der Waals surface area contributed by atoms with Crippen molar-refractivity contribution in [2.75, 3.05) is 12.3 Å². The lowest BCUT2D eigenvalue weighted by molar-refractivity contribution is 0.145. The van der Waals surface area contributed by atoms with Gasteiger partial charge in [-0.25, -0.2) is 0 Å². The first-order valence-corrected chi connectivity index (χ1v) is 6.05. The summed E-state index contributed by atoms with van der Waals surface area (Å²) in [5.41, 5.74) is 9.29. The van der Waals surface area contributed by atoms with Crippen molar-refractivity contribution >= 4 is 5.69 Å². The number of anilines is 1. The average molecular weight is 232 g/mol. The van der Waals surface area contributed by atoms with E-state index < -0.39 is 0 Å². The van der Waals surface area contributed by atoms with Gasteiger partial charge >= 0.3 is 0 Å². The quantitative estimate of drug-likeness (QED) is 0.637. The van der Waals surface area contributed by atoms with Crippen molar-refractivity contribution in [3.63, 3.8) is 0 Å². The van der Waals surface area contributed by atoms with Crippen LogP contribution >= 0.6 is 0 Å². The van der Waals surface area contributed by atoms with E-state index in [4.69, 9.17) is 5.73 Å². The van der Waals surface area contributed by atoms with Crippen LogP contribution < -0.4 is 5.73 Å². The van der Waals surface area contributed by atoms with Crippen LogP contribution in [0.15, 0.2) is 30.9 Å². The Kier molecular flexibility index (Phi) is 4.35. The topological polar surface area (TPSA) is 29.3 Å². The zero-order valence-corrected chi connectivity index (χ0v) is 11.5. The molecular weight excluding hydrogens is 208 g/mol. The van der Waals surface area contributed by atoms with Crippen LogP contribution in [0.2, 0.25) is 0 Å². The van der Waals surface area contributed by atoms with Gasteiger partial charge in [-0.05, 0) is 44.9 Å². The van der Waals surface area contributed by atoms with E-state index in [1.807, 2.05) is 19.1 Å². The van der Waals surface area contributed by atoms with E-state index >= 15 is 0 Å². The molecule has 0 aliphatic carbocycles. The van der Waals surface area contributed by atoms with Crippen LogP contribution in [-0.4, -0.2) is 17.0 Å². The predicted octanol–water partition coefficient (Wildman–Crippen LogP) is 3.36. The molecule has 0 aliphatic rings. The van der Waals surface area contributed by atoms with Crippen LogP contribution in [-0.2, 0) is 6.54 Å². The summed E-state index contributed by atoms with van der Waals surface area (Å²) in [6.07, 6.45) is 1.95. The summed E-state index contributed by atoms with van der Waals surface area (Å²) in [4.78, 5) is 2.39. The van der Waals surface area contributed by atoms with Gasteiger partial charge in [-0.15, -0.1) is 6.58 Å². The second-order valence-corrected chi connectivity index (χ2v) is 5.53. The minimum Gasteiger partial charge on any atom is -0.399 e. The third kappa shape index (κ3) is 3.90. The molecule has 1 aromatic carbocycles. The van der Waals surface area contributed by atoms with E-state index in [1.54, 1.807) is 0 Å². The van der Waals surface area contributed by atoms with Gasteiger partial charge in [-0.3, -0.25) is 4.90 Å². The number of hydrogen-bond acceptors (Lipinski definition) is 2. The molecule has 2 heteroatoms. The minimum absolute atomic E-state index is 0.142. The molecule has 0 amide bonds. The second-order valence-electron chi connectivity index (χ2n) is 5.53. The fraction of sp³-hybridized carbons (Fsp3) is 0.467. The van der Waals surface area contributed by atoms with E-state index in [2.05, 4.69) is 44.4 Å². The van der Waals surface area contributed by atoms with Gasteiger partial charge in [0.25, 0.3) is 0 Å². The molecule has 0 saturated heterocycles. The fourth-order valence-electron chi connectivity index (χ4n) is 1.79. The van der Waals surface area contributed by atoms with Gasteiger partial charge in [0.05, 0.1) is 0 Å². The Bertz CT molecular complexity index is 388. The third-order valence-corrected chi connectivity index (χ3v) is 3.01. The van der Waals surface area contributed by atoms with Gasteiger partial charge < -0.3 is 5.73 Å². The van der Waals surface area contributed by atoms with Crippen LogP contribution in [0.4, 0.5) is 5.69 Å². The standard InChI is InChI=1S/C15H24N2/c1-6-9-17(15(3,4)5)11-13-7-8-14(16)12(2)10-13/h6-8,10H,1,9,11,16H2,2-5H3. The van der Waals surface area contributed by atoms with Crippen molar-refractivity contribution in [3.8, 4) is 0 Å². The maximum atomic E-state index is 5.83. The normalized spacial score (nSPS) is 11.8. The van der Waals surface area contributed by atoms with E-state index in [-0.39, 0.29) is 5.54 Å². The van der Waals surface area contributed by atoms with Crippen molar-refractivity contribution in [2.24, 2.45) is 0 Å². The lowest BCUT2D eigenvalue weighted by Crippen LogP contribution is -2.40. The summed E-state index contributed by atoms with van der Waals surface area (Å²) >= 11 is 0. The van der Waals surface area contributed by atoms with E-state index in [0.717, 1.165) is 24.3 Å². The lowest BCUT2D eigenvalue weighted by atomic mass is 10.0. The smallest absolute Gasteiger partial charge is 0.0343 e. The number of nitrogen functional groups attached to an aromatic ring is 1. The van der Waals surface area contributed by atoms with Crippen LogP contribution in [0.3, 0.4) is 0 Å². The number of aryl methyl sites for hydroxylation is 1. The monoisotopic (exact) mass is 232 g/mol. The summed E-state index contributed by atoms with van der Waals surface area (Å²) in [5.74, 6) is 0. The highest BCUT2D eigenvalue weighted by molar-refractivity contribution is 5.47. The summed E-state index contributed by atoms with van der Waals surface area (Å²) in [6.45, 7) is 14.4. The lowest BCUT2D eigenvalue weighted by Gasteiger charge is -2.35. The second kappa shape index (κ2) is 5.37. The van der Waals surface area contributed by atoms with Crippen molar-refractivity contribution in [2.45, 2.75) is 39.8 Å². The van der Waals surface area contributed by atoms with Gasteiger partial charge in [0.2, 0.25) is 0 Å². The van der Waals surface area contributed by atoms with Crippen LogP contribution in [0.5, 0.6) is 0 Å². The fourth-order valence-corrected chi connectivity index (χ4v) is 1.79. The Labute approximate surface area is 105 Å². The van der Waals surface area contributed by atoms with Gasteiger partial charge in [0, 0.05) is 24.3 Å². The molecule has 0 spiro atoms. The highest BCUT2D eigenvalue weighted by atomic mass is 15.2. The maximum absolute atomic E-state index is 5.83. The number of hydrogen-bond donors (Lipinski definition) is 1. The Morgan fingerprint density at radius 1 is 1.35 bits per heavy atom. The average Bonchev–Trinajstić information content (AvgIpc) is 2.21. The molecule has 94 valence electrons. The SMILES string of the molecule is C=CCN(Cc1ccc(N)c(C)c1)C(C)(C)C. The Morgan fingerprint density at radius 2 is 2.00 bits per heavy atom. The molecule has 0 bridgehead atoms. The first-order chi connectivity index (χ1) is 7.84. The summed E-state index contributed by atoms with van der Waals surface area (Å²) in [7, 11) is 0. The van der Waals surface area contributed by atoms with E-state index in [1.165, 1.54) is 5.56 Å². The van der Waals surface area contributed by atoms with Crippen LogP contribution in [0, 0.1) is 6.92 Å². The number of nitrogens with two attached hydrogens (primary N) is 1. The largest absolute Gasteiger partial charge is 0.399 e. The molecule has 0 aromatic heterocycles. The molecule has 17 heavy (non-hydrogen) atoms. The molecule has 1 aromatic rings. The van der Waals surface area contributed by atoms with Gasteiger partial charge in [-0.2, -0.15) is 0 Å². The molecule has 0 radical (unpaired) electrons. The maximum Gasteiger partial charge on any atom is 0.0343 e. The number of nitrogens with zero attached hydrogens (tertiary/aromatic N) is 1. The summed E-state index contributed by atoms with van der Waals surface area (Å²) < 4.78 is 0. The highest BCUT2D eigenvalue weighted by Gasteiger charge is 2.20. The molecular formula is C15H24N2. The van der Waals surface area contributed by atoms with Crippen molar-refractivity contribution < 1.29 is 0 Å². The van der Waals surface area contributed by atoms with Crippen LogP contribution in [0.1, 0.15) is 31.9 Å². The molecule has 2 N–H and O–H groups in total. The van der Waals surface area contributed by atoms with Gasteiger partial charge in [0.1, 0.15) is 0 Å². The molecule has 2 nitrogen and oxygen atoms in total. The zero-order valence-electron chi connectivity index (χ0n) is 11.5. The van der Waals surface area contributed by atoms with Gasteiger partial charge in [-0.1, -0.05) is 18.2 Å². The molecule has 0 aliphatic heterocycles. The summed E-state index contributed by atoms with van der Waals surface area (Å²) in [5, 5.41) is 0. The Balaban J connectivity index is 2.86. The number of benzene rings is 1. The van der Waals surface area contributed by atoms with Crippen LogP contribution in [0.25, 0.3) is 0 Å². The third-order valence-electron chi connectivity index (χ3n) is 3.01. The van der Waals surface area contributed by atoms with Crippen molar-refractivity contribution in [3.05, 3.63) is 42.0 Å². The molecule has 0 unspecified atom stereocenters.